The Morgan fingerprint density at radius 3 is 2.17 bits per heavy atom. The first-order valence-corrected chi connectivity index (χ1v) is 9.84. The van der Waals surface area contributed by atoms with E-state index in [2.05, 4.69) is 5.32 Å². The van der Waals surface area contributed by atoms with Crippen molar-refractivity contribution in [1.82, 2.24) is 10.2 Å². The molecule has 1 fully saturated rings. The lowest BCUT2D eigenvalue weighted by molar-refractivity contribution is -0.157. The zero-order valence-electron chi connectivity index (χ0n) is 16.9. The van der Waals surface area contributed by atoms with Crippen molar-refractivity contribution in [2.45, 2.75) is 39.3 Å². The molecule has 3 amide bonds. The minimum Gasteiger partial charge on any atom is -0.456 e. The van der Waals surface area contributed by atoms with Gasteiger partial charge in [0.1, 0.15) is 6.04 Å². The molecule has 0 unspecified atom stereocenters. The number of Topliss-reactive ketones (excluding diaryl/α,β-unsaturated/α-hetero) is 1. The van der Waals surface area contributed by atoms with Gasteiger partial charge in [-0.15, -0.1) is 0 Å². The lowest BCUT2D eigenvalue weighted by Gasteiger charge is -2.21. The van der Waals surface area contributed by atoms with Crippen molar-refractivity contribution in [2.75, 3.05) is 6.61 Å². The van der Waals surface area contributed by atoms with Gasteiger partial charge in [-0.1, -0.05) is 36.4 Å². The summed E-state index contributed by atoms with van der Waals surface area (Å²) < 4.78 is 5.08. The Kier molecular flexibility index (Phi) is 6.44. The van der Waals surface area contributed by atoms with Crippen LogP contribution in [-0.2, 0) is 30.5 Å². The Balaban J connectivity index is 1.54. The standard InChI is InChI=1S/C22H24N2O6/c1-13(24-20(27)17-5-3-4-6-18(17)21(24)28)22(29)30-12-19(26)16-9-7-15(8-10-16)11-23-14(2)25/h3-4,7-10,13,17-18H,5-6,11-12H2,1-2H3,(H,23,25)/t13-,17-,18+/m0/s1. The van der Waals surface area contributed by atoms with Crippen LogP contribution in [0.3, 0.4) is 0 Å². The molecule has 8 heteroatoms. The summed E-state index contributed by atoms with van der Waals surface area (Å²) in [6.07, 6.45) is 4.73. The third-order valence-corrected chi connectivity index (χ3v) is 5.43. The van der Waals surface area contributed by atoms with Gasteiger partial charge in [0.15, 0.2) is 12.4 Å². The minimum absolute atomic E-state index is 0.151. The number of ether oxygens (including phenoxy) is 1. The van der Waals surface area contributed by atoms with Crippen molar-refractivity contribution in [1.29, 1.82) is 0 Å². The Bertz CT molecular complexity index is 879. The fourth-order valence-electron chi connectivity index (χ4n) is 3.69. The molecule has 0 spiro atoms. The maximum Gasteiger partial charge on any atom is 0.329 e. The molecule has 1 aromatic carbocycles. The molecular formula is C22H24N2O6. The number of carbonyl (C=O) groups excluding carboxylic acids is 5. The summed E-state index contributed by atoms with van der Waals surface area (Å²) >= 11 is 0. The first-order chi connectivity index (χ1) is 14.3. The zero-order chi connectivity index (χ0) is 21.8. The second-order valence-electron chi connectivity index (χ2n) is 7.52. The highest BCUT2D eigenvalue weighted by Crippen LogP contribution is 2.36. The summed E-state index contributed by atoms with van der Waals surface area (Å²) in [6.45, 7) is 2.72. The third-order valence-electron chi connectivity index (χ3n) is 5.43. The Morgan fingerprint density at radius 1 is 1.07 bits per heavy atom. The lowest BCUT2D eigenvalue weighted by Crippen LogP contribution is -2.44. The number of rotatable bonds is 7. The molecule has 0 aromatic heterocycles. The molecule has 1 saturated heterocycles. The van der Waals surface area contributed by atoms with Crippen LogP contribution in [0.25, 0.3) is 0 Å². The third kappa shape index (κ3) is 4.48. The van der Waals surface area contributed by atoms with Crippen molar-refractivity contribution in [2.24, 2.45) is 11.8 Å². The van der Waals surface area contributed by atoms with Crippen LogP contribution in [0, 0.1) is 11.8 Å². The maximum absolute atomic E-state index is 12.6. The number of amides is 3. The smallest absolute Gasteiger partial charge is 0.329 e. The van der Waals surface area contributed by atoms with Crippen LogP contribution >= 0.6 is 0 Å². The zero-order valence-corrected chi connectivity index (χ0v) is 16.9. The number of esters is 1. The predicted octanol–water partition coefficient (Wildman–Crippen LogP) is 1.39. The lowest BCUT2D eigenvalue weighted by atomic mass is 9.85. The number of hydrogen-bond donors (Lipinski definition) is 1. The van der Waals surface area contributed by atoms with E-state index in [9.17, 15) is 24.0 Å². The summed E-state index contributed by atoms with van der Waals surface area (Å²) in [5, 5.41) is 2.66. The first kappa shape index (κ1) is 21.4. The van der Waals surface area contributed by atoms with E-state index in [1.807, 2.05) is 12.2 Å². The minimum atomic E-state index is -1.08. The van der Waals surface area contributed by atoms with Crippen LogP contribution in [0.1, 0.15) is 42.6 Å². The normalized spacial score (nSPS) is 21.2. The SMILES string of the molecule is CC(=O)NCc1ccc(C(=O)COC(=O)[C@H](C)N2C(=O)[C@H]3CC=CC[C@H]3C2=O)cc1. The van der Waals surface area contributed by atoms with Gasteiger partial charge >= 0.3 is 5.97 Å². The van der Waals surface area contributed by atoms with Gasteiger partial charge in [0.25, 0.3) is 0 Å². The number of nitrogens with zero attached hydrogens (tertiary/aromatic N) is 1. The maximum atomic E-state index is 12.6. The molecule has 0 saturated carbocycles. The second-order valence-corrected chi connectivity index (χ2v) is 7.52. The highest BCUT2D eigenvalue weighted by atomic mass is 16.5. The number of allylic oxidation sites excluding steroid dienone is 2. The second kappa shape index (κ2) is 9.02. The van der Waals surface area contributed by atoms with E-state index in [1.54, 1.807) is 24.3 Å². The average Bonchev–Trinajstić information content (AvgIpc) is 3.00. The molecule has 3 rings (SSSR count). The van der Waals surface area contributed by atoms with Gasteiger partial charge in [0.05, 0.1) is 11.8 Å². The summed E-state index contributed by atoms with van der Waals surface area (Å²) in [5.41, 5.74) is 1.18. The number of nitrogens with one attached hydrogen (secondary N) is 1. The van der Waals surface area contributed by atoms with Crippen molar-refractivity contribution in [3.05, 3.63) is 47.5 Å². The van der Waals surface area contributed by atoms with E-state index in [1.165, 1.54) is 13.8 Å². The molecule has 1 aromatic rings. The van der Waals surface area contributed by atoms with Gasteiger partial charge in [0.2, 0.25) is 17.7 Å². The van der Waals surface area contributed by atoms with Crippen molar-refractivity contribution >= 4 is 29.5 Å². The van der Waals surface area contributed by atoms with Gasteiger partial charge in [-0.05, 0) is 25.3 Å². The predicted molar refractivity (Wildman–Crippen MR) is 106 cm³/mol. The first-order valence-electron chi connectivity index (χ1n) is 9.84. The van der Waals surface area contributed by atoms with E-state index in [0.29, 0.717) is 24.9 Å². The fraction of sp³-hybridized carbons (Fsp3) is 0.409. The molecule has 1 aliphatic carbocycles. The van der Waals surface area contributed by atoms with Crippen LogP contribution < -0.4 is 5.32 Å². The van der Waals surface area contributed by atoms with Crippen LogP contribution in [0.4, 0.5) is 0 Å². The highest BCUT2D eigenvalue weighted by Gasteiger charge is 2.50. The molecule has 0 radical (unpaired) electrons. The van der Waals surface area contributed by atoms with Crippen molar-refractivity contribution in [3.63, 3.8) is 0 Å². The number of likely N-dealkylation sites (tertiary alicyclic amines) is 1. The Morgan fingerprint density at radius 2 is 1.63 bits per heavy atom. The molecule has 0 bridgehead atoms. The van der Waals surface area contributed by atoms with Gasteiger partial charge in [-0.25, -0.2) is 4.79 Å². The number of hydrogen-bond acceptors (Lipinski definition) is 6. The Hall–Kier alpha value is -3.29. The van der Waals surface area contributed by atoms with Crippen LogP contribution in [0.15, 0.2) is 36.4 Å². The number of ketones is 1. The molecule has 1 aliphatic heterocycles. The van der Waals surface area contributed by atoms with Crippen LogP contribution in [-0.4, -0.2) is 47.0 Å². The van der Waals surface area contributed by atoms with E-state index in [4.69, 9.17) is 4.74 Å². The van der Waals surface area contributed by atoms with Gasteiger partial charge < -0.3 is 10.1 Å². The van der Waals surface area contributed by atoms with E-state index >= 15 is 0 Å². The van der Waals surface area contributed by atoms with Gasteiger partial charge in [0, 0.05) is 19.0 Å². The number of benzene rings is 1. The molecule has 2 aliphatic rings. The average molecular weight is 412 g/mol. The van der Waals surface area contributed by atoms with Crippen LogP contribution in [0.5, 0.6) is 0 Å². The molecule has 158 valence electrons. The molecule has 1 N–H and O–H groups in total. The van der Waals surface area contributed by atoms with E-state index < -0.39 is 36.2 Å². The monoisotopic (exact) mass is 412 g/mol. The van der Waals surface area contributed by atoms with Gasteiger partial charge in [-0.2, -0.15) is 0 Å². The van der Waals surface area contributed by atoms with Crippen LogP contribution in [0.2, 0.25) is 0 Å². The summed E-state index contributed by atoms with van der Waals surface area (Å²) in [4.78, 5) is 61.7. The number of imide groups is 1. The summed E-state index contributed by atoms with van der Waals surface area (Å²) in [6, 6.07) is 5.49. The van der Waals surface area contributed by atoms with E-state index in [-0.39, 0.29) is 17.7 Å². The summed E-state index contributed by atoms with van der Waals surface area (Å²) in [7, 11) is 0. The topological polar surface area (TPSA) is 110 Å². The molecule has 30 heavy (non-hydrogen) atoms. The quantitative estimate of drug-likeness (QED) is 0.314. The molecular weight excluding hydrogens is 388 g/mol. The molecule has 3 atom stereocenters. The Labute approximate surface area is 174 Å². The summed E-state index contributed by atoms with van der Waals surface area (Å²) in [5.74, 6) is -2.91. The van der Waals surface area contributed by atoms with Gasteiger partial charge in [-0.3, -0.25) is 24.1 Å². The van der Waals surface area contributed by atoms with Crippen molar-refractivity contribution in [3.8, 4) is 0 Å². The fourth-order valence-corrected chi connectivity index (χ4v) is 3.69. The molecule has 1 heterocycles. The largest absolute Gasteiger partial charge is 0.456 e. The number of fused-ring (bicyclic) bond motifs is 1. The highest BCUT2D eigenvalue weighted by molar-refractivity contribution is 6.08. The molecule has 8 nitrogen and oxygen atoms in total. The van der Waals surface area contributed by atoms with Crippen molar-refractivity contribution < 1.29 is 28.7 Å². The number of carbonyl (C=O) groups is 5. The van der Waals surface area contributed by atoms with E-state index in [0.717, 1.165) is 10.5 Å².